The van der Waals surface area contributed by atoms with Crippen LogP contribution in [-0.2, 0) is 4.79 Å². The molecule has 1 heterocycles. The minimum absolute atomic E-state index is 0.105. The van der Waals surface area contributed by atoms with Gasteiger partial charge in [-0.2, -0.15) is 0 Å². The van der Waals surface area contributed by atoms with Crippen molar-refractivity contribution in [1.29, 1.82) is 0 Å². The number of hydrogen-bond donors (Lipinski definition) is 2. The number of amides is 1. The highest BCUT2D eigenvalue weighted by molar-refractivity contribution is 5.76. The van der Waals surface area contributed by atoms with Crippen LogP contribution in [0.2, 0.25) is 0 Å². The van der Waals surface area contributed by atoms with E-state index in [4.69, 9.17) is 5.11 Å². The number of nitrogens with one attached hydrogen (secondary N) is 1. The van der Waals surface area contributed by atoms with Crippen molar-refractivity contribution in [3.8, 4) is 0 Å². The second-order valence-corrected chi connectivity index (χ2v) is 4.49. The fourth-order valence-electron chi connectivity index (χ4n) is 2.04. The van der Waals surface area contributed by atoms with Crippen molar-refractivity contribution >= 4 is 5.91 Å². The Kier molecular flexibility index (Phi) is 5.05. The van der Waals surface area contributed by atoms with E-state index in [-0.39, 0.29) is 24.6 Å². The molecule has 1 rings (SSSR count). The number of rotatable bonds is 5. The molecule has 15 heavy (non-hydrogen) atoms. The van der Waals surface area contributed by atoms with Crippen molar-refractivity contribution in [2.75, 3.05) is 19.7 Å². The van der Waals surface area contributed by atoms with Crippen molar-refractivity contribution in [3.05, 3.63) is 0 Å². The lowest BCUT2D eigenvalue weighted by molar-refractivity contribution is -0.122. The first kappa shape index (κ1) is 12.5. The third-order valence-electron chi connectivity index (χ3n) is 2.79. The van der Waals surface area contributed by atoms with Gasteiger partial charge in [0, 0.05) is 25.0 Å². The summed E-state index contributed by atoms with van der Waals surface area (Å²) < 4.78 is 0. The number of aliphatic hydroxyl groups is 1. The standard InChI is InChI=1S/C11H22N2O2/c1-9(2)12-11(15)5-7-13-6-3-4-10(13)8-14/h9-10,14H,3-8H2,1-2H3,(H,12,15)/t10-/m0/s1. The van der Waals surface area contributed by atoms with Crippen LogP contribution in [0.1, 0.15) is 33.1 Å². The second-order valence-electron chi connectivity index (χ2n) is 4.49. The lowest BCUT2D eigenvalue weighted by Gasteiger charge is -2.22. The number of likely N-dealkylation sites (tertiary alicyclic amines) is 1. The van der Waals surface area contributed by atoms with Crippen LogP contribution in [-0.4, -0.2) is 47.7 Å². The first-order chi connectivity index (χ1) is 7.13. The van der Waals surface area contributed by atoms with E-state index in [1.807, 2.05) is 13.8 Å². The fraction of sp³-hybridized carbons (Fsp3) is 0.909. The van der Waals surface area contributed by atoms with Gasteiger partial charge in [-0.1, -0.05) is 0 Å². The highest BCUT2D eigenvalue weighted by Gasteiger charge is 2.23. The lowest BCUT2D eigenvalue weighted by Crippen LogP contribution is -2.37. The Bertz CT molecular complexity index is 207. The number of hydrogen-bond acceptors (Lipinski definition) is 3. The van der Waals surface area contributed by atoms with Crippen LogP contribution in [0.25, 0.3) is 0 Å². The fourth-order valence-corrected chi connectivity index (χ4v) is 2.04. The van der Waals surface area contributed by atoms with E-state index < -0.39 is 0 Å². The molecule has 1 saturated heterocycles. The Balaban J connectivity index is 2.21. The summed E-state index contributed by atoms with van der Waals surface area (Å²) in [4.78, 5) is 13.6. The molecule has 1 aliphatic rings. The summed E-state index contributed by atoms with van der Waals surface area (Å²) in [5.41, 5.74) is 0. The van der Waals surface area contributed by atoms with Crippen molar-refractivity contribution in [1.82, 2.24) is 10.2 Å². The van der Waals surface area contributed by atoms with Gasteiger partial charge in [-0.05, 0) is 33.2 Å². The summed E-state index contributed by atoms with van der Waals surface area (Å²) in [7, 11) is 0. The number of nitrogens with zero attached hydrogens (tertiary/aromatic N) is 1. The van der Waals surface area contributed by atoms with Gasteiger partial charge in [0.1, 0.15) is 0 Å². The van der Waals surface area contributed by atoms with Crippen molar-refractivity contribution in [3.63, 3.8) is 0 Å². The van der Waals surface area contributed by atoms with Crippen molar-refractivity contribution < 1.29 is 9.90 Å². The molecule has 0 bridgehead atoms. The molecule has 4 nitrogen and oxygen atoms in total. The Labute approximate surface area is 91.6 Å². The molecule has 0 aromatic heterocycles. The Morgan fingerprint density at radius 1 is 1.60 bits per heavy atom. The molecule has 0 aliphatic carbocycles. The van der Waals surface area contributed by atoms with Gasteiger partial charge < -0.3 is 10.4 Å². The molecule has 4 heteroatoms. The zero-order valence-electron chi connectivity index (χ0n) is 9.70. The quantitative estimate of drug-likeness (QED) is 0.694. The van der Waals surface area contributed by atoms with E-state index >= 15 is 0 Å². The average molecular weight is 214 g/mol. The van der Waals surface area contributed by atoms with Gasteiger partial charge in [-0.25, -0.2) is 0 Å². The maximum Gasteiger partial charge on any atom is 0.221 e. The maximum atomic E-state index is 11.4. The highest BCUT2D eigenvalue weighted by atomic mass is 16.3. The molecule has 0 unspecified atom stereocenters. The summed E-state index contributed by atoms with van der Waals surface area (Å²) in [6, 6.07) is 0.488. The summed E-state index contributed by atoms with van der Waals surface area (Å²) in [5.74, 6) is 0.105. The van der Waals surface area contributed by atoms with Crippen LogP contribution in [0, 0.1) is 0 Å². The topological polar surface area (TPSA) is 52.6 Å². The first-order valence-electron chi connectivity index (χ1n) is 5.77. The van der Waals surface area contributed by atoms with Gasteiger partial charge in [-0.15, -0.1) is 0 Å². The smallest absolute Gasteiger partial charge is 0.221 e. The van der Waals surface area contributed by atoms with Gasteiger partial charge in [-0.3, -0.25) is 9.69 Å². The molecule has 0 radical (unpaired) electrons. The Morgan fingerprint density at radius 2 is 2.33 bits per heavy atom. The van der Waals surface area contributed by atoms with E-state index in [1.54, 1.807) is 0 Å². The highest BCUT2D eigenvalue weighted by Crippen LogP contribution is 2.16. The third-order valence-corrected chi connectivity index (χ3v) is 2.79. The van der Waals surface area contributed by atoms with Gasteiger partial charge in [0.2, 0.25) is 5.91 Å². The Hall–Kier alpha value is -0.610. The Morgan fingerprint density at radius 3 is 2.93 bits per heavy atom. The van der Waals surface area contributed by atoms with Crippen LogP contribution in [0.3, 0.4) is 0 Å². The second kappa shape index (κ2) is 6.08. The molecule has 88 valence electrons. The molecule has 0 saturated carbocycles. The van der Waals surface area contributed by atoms with E-state index in [2.05, 4.69) is 10.2 Å². The van der Waals surface area contributed by atoms with E-state index in [0.29, 0.717) is 6.42 Å². The summed E-state index contributed by atoms with van der Waals surface area (Å²) >= 11 is 0. The minimum atomic E-state index is 0.105. The van der Waals surface area contributed by atoms with Gasteiger partial charge in [0.25, 0.3) is 0 Å². The van der Waals surface area contributed by atoms with E-state index in [0.717, 1.165) is 25.9 Å². The molecular weight excluding hydrogens is 192 g/mol. The van der Waals surface area contributed by atoms with Gasteiger partial charge >= 0.3 is 0 Å². The van der Waals surface area contributed by atoms with Crippen molar-refractivity contribution in [2.24, 2.45) is 0 Å². The zero-order chi connectivity index (χ0) is 11.3. The van der Waals surface area contributed by atoms with E-state index in [1.165, 1.54) is 0 Å². The third kappa shape index (κ3) is 4.18. The van der Waals surface area contributed by atoms with Crippen LogP contribution in [0.15, 0.2) is 0 Å². The molecular formula is C11H22N2O2. The van der Waals surface area contributed by atoms with Crippen LogP contribution < -0.4 is 5.32 Å². The van der Waals surface area contributed by atoms with E-state index in [9.17, 15) is 4.79 Å². The first-order valence-corrected chi connectivity index (χ1v) is 5.77. The SMILES string of the molecule is CC(C)NC(=O)CCN1CCC[C@H]1CO. The maximum absolute atomic E-state index is 11.4. The van der Waals surface area contributed by atoms with Gasteiger partial charge in [0.15, 0.2) is 0 Å². The van der Waals surface area contributed by atoms with Gasteiger partial charge in [0.05, 0.1) is 6.61 Å². The van der Waals surface area contributed by atoms with Crippen LogP contribution in [0.5, 0.6) is 0 Å². The van der Waals surface area contributed by atoms with Crippen LogP contribution >= 0.6 is 0 Å². The number of carbonyl (C=O) groups is 1. The minimum Gasteiger partial charge on any atom is -0.395 e. The average Bonchev–Trinajstić information content (AvgIpc) is 2.60. The van der Waals surface area contributed by atoms with Crippen LogP contribution in [0.4, 0.5) is 0 Å². The molecule has 0 aromatic carbocycles. The summed E-state index contributed by atoms with van der Waals surface area (Å²) in [5, 5.41) is 12.0. The predicted molar refractivity (Wildman–Crippen MR) is 59.6 cm³/mol. The molecule has 1 atom stereocenters. The predicted octanol–water partition coefficient (Wildman–Crippen LogP) is 0.358. The molecule has 1 aliphatic heterocycles. The van der Waals surface area contributed by atoms with Crippen molar-refractivity contribution in [2.45, 2.75) is 45.2 Å². The summed E-state index contributed by atoms with van der Waals surface area (Å²) in [6.07, 6.45) is 2.73. The largest absolute Gasteiger partial charge is 0.395 e. The molecule has 0 spiro atoms. The monoisotopic (exact) mass is 214 g/mol. The summed E-state index contributed by atoms with van der Waals surface area (Å²) in [6.45, 7) is 5.92. The number of aliphatic hydroxyl groups excluding tert-OH is 1. The lowest BCUT2D eigenvalue weighted by atomic mass is 10.2. The number of carbonyl (C=O) groups excluding carboxylic acids is 1. The zero-order valence-corrected chi connectivity index (χ0v) is 9.70. The molecule has 1 fully saturated rings. The molecule has 2 N–H and O–H groups in total. The normalized spacial score (nSPS) is 22.3. The molecule has 0 aromatic rings. The molecule has 1 amide bonds.